The van der Waals surface area contributed by atoms with E-state index < -0.39 is 0 Å². The monoisotopic (exact) mass is 520 g/mol. The van der Waals surface area contributed by atoms with Crippen molar-refractivity contribution in [1.82, 2.24) is 9.55 Å². The number of piperidine rings is 1. The van der Waals surface area contributed by atoms with Crippen LogP contribution in [0.25, 0.3) is 22.0 Å². The number of fused-ring (bicyclic) bond motifs is 2. The molecule has 0 bridgehead atoms. The lowest BCUT2D eigenvalue weighted by Gasteiger charge is -2.39. The van der Waals surface area contributed by atoms with Crippen molar-refractivity contribution < 1.29 is 9.15 Å². The second-order valence-corrected chi connectivity index (χ2v) is 10.1. The zero-order valence-corrected chi connectivity index (χ0v) is 21.2. The summed E-state index contributed by atoms with van der Waals surface area (Å²) in [4.78, 5) is 20.0. The molecule has 0 radical (unpaired) electrons. The third kappa shape index (κ3) is 3.46. The minimum Gasteiger partial charge on any atom is -0.495 e. The first kappa shape index (κ1) is 22.5. The van der Waals surface area contributed by atoms with Crippen LogP contribution in [-0.2, 0) is 12.5 Å². The Labute approximate surface area is 205 Å². The third-order valence-corrected chi connectivity index (χ3v) is 7.62. The minimum absolute atomic E-state index is 0.160. The average molecular weight is 521 g/mol. The zero-order chi connectivity index (χ0) is 24.2. The molecular weight excluding hydrogens is 496 g/mol. The molecule has 2 aromatic heterocycles. The van der Waals surface area contributed by atoms with Crippen molar-refractivity contribution in [3.63, 3.8) is 0 Å². The lowest BCUT2D eigenvalue weighted by molar-refractivity contribution is 0.292. The number of anilines is 1. The van der Waals surface area contributed by atoms with Crippen LogP contribution in [-0.4, -0.2) is 29.8 Å². The van der Waals surface area contributed by atoms with Crippen molar-refractivity contribution in [3.05, 3.63) is 62.2 Å². The molecule has 5 rings (SSSR count). The van der Waals surface area contributed by atoms with Gasteiger partial charge >= 0.3 is 0 Å². The molecule has 7 nitrogen and oxygen atoms in total. The average Bonchev–Trinajstić information content (AvgIpc) is 3.26. The fourth-order valence-electron chi connectivity index (χ4n) is 4.84. The molecule has 0 atom stereocenters. The van der Waals surface area contributed by atoms with Gasteiger partial charge in [-0.15, -0.1) is 0 Å². The molecule has 0 aliphatic carbocycles. The Balaban J connectivity index is 1.55. The van der Waals surface area contributed by atoms with Crippen LogP contribution in [0.5, 0.6) is 5.75 Å². The molecule has 0 amide bonds. The summed E-state index contributed by atoms with van der Waals surface area (Å²) in [6.07, 6.45) is 1.58. The molecule has 0 N–H and O–H groups in total. The molecule has 34 heavy (non-hydrogen) atoms. The van der Waals surface area contributed by atoms with E-state index in [1.807, 2.05) is 37.3 Å². The zero-order valence-electron chi connectivity index (χ0n) is 19.6. The Bertz CT molecular complexity index is 1540. The molecular formula is C26H25BrN4O3. The number of nitrogens with zero attached hydrogens (tertiary/aromatic N) is 4. The van der Waals surface area contributed by atoms with Crippen LogP contribution in [0.3, 0.4) is 0 Å². The van der Waals surface area contributed by atoms with Gasteiger partial charge in [0.2, 0.25) is 5.89 Å². The minimum atomic E-state index is -0.308. The van der Waals surface area contributed by atoms with Crippen molar-refractivity contribution >= 4 is 43.6 Å². The first-order valence-electron chi connectivity index (χ1n) is 11.2. The van der Waals surface area contributed by atoms with Gasteiger partial charge in [0, 0.05) is 37.0 Å². The number of aromatic nitrogens is 2. The SMILES string of the molecule is COc1cc2c(cc1Br)c(N1CCC(C)(c3nc4cc(C)ccc4o3)CC1)c(C#N)c(=O)n2C. The highest BCUT2D eigenvalue weighted by atomic mass is 79.9. The number of methoxy groups -OCH3 is 1. The summed E-state index contributed by atoms with van der Waals surface area (Å²) in [6.45, 7) is 5.57. The van der Waals surface area contributed by atoms with Crippen molar-refractivity contribution in [1.29, 1.82) is 5.26 Å². The highest BCUT2D eigenvalue weighted by molar-refractivity contribution is 9.10. The quantitative estimate of drug-likeness (QED) is 0.369. The van der Waals surface area contributed by atoms with Crippen molar-refractivity contribution in [3.8, 4) is 11.8 Å². The summed E-state index contributed by atoms with van der Waals surface area (Å²) in [7, 11) is 3.28. The van der Waals surface area contributed by atoms with Gasteiger partial charge in [0.05, 0.1) is 22.8 Å². The van der Waals surface area contributed by atoms with Crippen LogP contribution in [0.2, 0.25) is 0 Å². The Morgan fingerprint density at radius 2 is 1.97 bits per heavy atom. The standard InChI is InChI=1S/C26H25BrN4O3/c1-15-5-6-21-19(11-15)29-25(34-21)26(2)7-9-31(10-8-26)23-16-12-18(27)22(33-4)13-20(16)30(3)24(32)17(23)14-28/h5-6,11-13H,7-10H2,1-4H3. The third-order valence-electron chi connectivity index (χ3n) is 7.00. The van der Waals surface area contributed by atoms with Gasteiger partial charge in [-0.2, -0.15) is 5.26 Å². The summed E-state index contributed by atoms with van der Waals surface area (Å²) in [5, 5.41) is 10.8. The van der Waals surface area contributed by atoms with Crippen LogP contribution in [0, 0.1) is 18.3 Å². The number of oxazole rings is 1. The molecule has 1 aliphatic rings. The van der Waals surface area contributed by atoms with Gasteiger partial charge in [0.25, 0.3) is 5.56 Å². The predicted molar refractivity (Wildman–Crippen MR) is 136 cm³/mol. The van der Waals surface area contributed by atoms with E-state index in [1.54, 1.807) is 14.2 Å². The smallest absolute Gasteiger partial charge is 0.270 e. The molecule has 1 aliphatic heterocycles. The van der Waals surface area contributed by atoms with Gasteiger partial charge in [0.15, 0.2) is 5.58 Å². The molecule has 8 heteroatoms. The van der Waals surface area contributed by atoms with E-state index in [0.29, 0.717) is 24.5 Å². The molecule has 0 unspecified atom stereocenters. The van der Waals surface area contributed by atoms with Crippen molar-refractivity contribution in [2.45, 2.75) is 32.1 Å². The second kappa shape index (κ2) is 8.17. The van der Waals surface area contributed by atoms with Gasteiger partial charge in [0.1, 0.15) is 22.9 Å². The van der Waals surface area contributed by atoms with Crippen molar-refractivity contribution in [2.24, 2.45) is 7.05 Å². The van der Waals surface area contributed by atoms with E-state index in [4.69, 9.17) is 14.1 Å². The number of nitriles is 1. The summed E-state index contributed by atoms with van der Waals surface area (Å²) in [6, 6.07) is 12.0. The molecule has 4 aromatic rings. The second-order valence-electron chi connectivity index (χ2n) is 9.24. The first-order chi connectivity index (χ1) is 16.3. The summed E-state index contributed by atoms with van der Waals surface area (Å²) < 4.78 is 13.9. The Kier molecular flexibility index (Phi) is 5.40. The molecule has 174 valence electrons. The van der Waals surface area contributed by atoms with Crippen LogP contribution < -0.4 is 15.2 Å². The van der Waals surface area contributed by atoms with E-state index in [0.717, 1.165) is 50.8 Å². The number of hydrogen-bond donors (Lipinski definition) is 0. The van der Waals surface area contributed by atoms with E-state index in [9.17, 15) is 10.1 Å². The Hall–Kier alpha value is -3.31. The summed E-state index contributed by atoms with van der Waals surface area (Å²) >= 11 is 3.56. The number of hydrogen-bond acceptors (Lipinski definition) is 6. The number of halogens is 1. The largest absolute Gasteiger partial charge is 0.495 e. The highest BCUT2D eigenvalue weighted by Gasteiger charge is 2.37. The molecule has 0 saturated carbocycles. The van der Waals surface area contributed by atoms with E-state index >= 15 is 0 Å². The van der Waals surface area contributed by atoms with Crippen LogP contribution >= 0.6 is 15.9 Å². The number of rotatable bonds is 3. The predicted octanol–water partition coefficient (Wildman–Crippen LogP) is 5.19. The number of benzene rings is 2. The molecule has 1 saturated heterocycles. The maximum Gasteiger partial charge on any atom is 0.270 e. The van der Waals surface area contributed by atoms with Gasteiger partial charge in [-0.1, -0.05) is 13.0 Å². The Morgan fingerprint density at radius 1 is 1.24 bits per heavy atom. The van der Waals surface area contributed by atoms with E-state index in [2.05, 4.69) is 33.8 Å². The molecule has 1 fully saturated rings. The van der Waals surface area contributed by atoms with Gasteiger partial charge in [-0.3, -0.25) is 4.79 Å². The maximum absolute atomic E-state index is 13.1. The van der Waals surface area contributed by atoms with Crippen LogP contribution in [0.4, 0.5) is 5.69 Å². The van der Waals surface area contributed by atoms with Gasteiger partial charge < -0.3 is 18.6 Å². The Morgan fingerprint density at radius 3 is 2.65 bits per heavy atom. The number of pyridine rings is 1. The highest BCUT2D eigenvalue weighted by Crippen LogP contribution is 2.41. The summed E-state index contributed by atoms with van der Waals surface area (Å²) in [5.74, 6) is 1.38. The first-order valence-corrected chi connectivity index (χ1v) is 12.0. The topological polar surface area (TPSA) is 84.3 Å². The molecule has 2 aromatic carbocycles. The fourth-order valence-corrected chi connectivity index (χ4v) is 5.35. The number of ether oxygens (including phenoxy) is 1. The van der Waals surface area contributed by atoms with Crippen molar-refractivity contribution in [2.75, 3.05) is 25.1 Å². The normalized spacial score (nSPS) is 15.6. The van der Waals surface area contributed by atoms with Crippen LogP contribution in [0.1, 0.15) is 36.8 Å². The number of aryl methyl sites for hydroxylation is 2. The fraction of sp³-hybridized carbons (Fsp3) is 0.346. The van der Waals surface area contributed by atoms with E-state index in [1.165, 1.54) is 4.57 Å². The van der Waals surface area contributed by atoms with E-state index in [-0.39, 0.29) is 16.5 Å². The lowest BCUT2D eigenvalue weighted by Crippen LogP contribution is -2.42. The van der Waals surface area contributed by atoms with Gasteiger partial charge in [-0.05, 0) is 59.5 Å². The maximum atomic E-state index is 13.1. The van der Waals surface area contributed by atoms with Gasteiger partial charge in [-0.25, -0.2) is 4.98 Å². The molecule has 0 spiro atoms. The molecule has 3 heterocycles. The van der Waals surface area contributed by atoms with Crippen LogP contribution in [0.15, 0.2) is 44.0 Å². The summed E-state index contributed by atoms with van der Waals surface area (Å²) in [5.41, 5.74) is 3.85. The lowest BCUT2D eigenvalue weighted by atomic mass is 9.80.